The number of imidazole rings is 1. The first-order valence-electron chi connectivity index (χ1n) is 5.37. The van der Waals surface area contributed by atoms with Gasteiger partial charge in [0.25, 0.3) is 0 Å². The molecule has 0 atom stereocenters. The van der Waals surface area contributed by atoms with E-state index in [0.29, 0.717) is 6.04 Å². The molecule has 0 saturated carbocycles. The summed E-state index contributed by atoms with van der Waals surface area (Å²) in [5.41, 5.74) is 2.50. The van der Waals surface area contributed by atoms with E-state index in [4.69, 9.17) is 0 Å². The van der Waals surface area contributed by atoms with E-state index in [1.807, 2.05) is 6.33 Å². The summed E-state index contributed by atoms with van der Waals surface area (Å²) in [4.78, 5) is 6.76. The minimum atomic E-state index is 0.674. The molecule has 0 aromatic carbocycles. The van der Waals surface area contributed by atoms with Crippen LogP contribution in [0.25, 0.3) is 0 Å². The van der Waals surface area contributed by atoms with E-state index in [9.17, 15) is 0 Å². The zero-order valence-corrected chi connectivity index (χ0v) is 9.32. The number of nitrogens with zero attached hydrogens (tertiary/aromatic N) is 3. The summed E-state index contributed by atoms with van der Waals surface area (Å²) in [5.74, 6) is 0. The van der Waals surface area contributed by atoms with Crippen LogP contribution in [-0.4, -0.2) is 34.6 Å². The Morgan fingerprint density at radius 3 is 2.43 bits per heavy atom. The normalized spacial score (nSPS) is 20.2. The molecule has 0 amide bonds. The third-order valence-corrected chi connectivity index (χ3v) is 3.37. The first kappa shape index (κ1) is 9.71. The summed E-state index contributed by atoms with van der Waals surface area (Å²) in [6, 6.07) is 0.674. The van der Waals surface area contributed by atoms with Gasteiger partial charge in [0.05, 0.1) is 12.0 Å². The van der Waals surface area contributed by atoms with Crippen LogP contribution in [0.4, 0.5) is 0 Å². The summed E-state index contributed by atoms with van der Waals surface area (Å²) >= 11 is 0. The Kier molecular flexibility index (Phi) is 2.59. The van der Waals surface area contributed by atoms with E-state index in [1.54, 1.807) is 0 Å². The maximum Gasteiger partial charge on any atom is 0.0954 e. The Bertz CT molecular complexity index is 308. The summed E-state index contributed by atoms with van der Waals surface area (Å²) in [7, 11) is 2.20. The van der Waals surface area contributed by atoms with E-state index in [2.05, 4.69) is 35.3 Å². The molecule has 0 spiro atoms. The molecule has 1 aromatic heterocycles. The molecule has 1 aromatic rings. The Balaban J connectivity index is 2.12. The molecule has 0 radical (unpaired) electrons. The smallest absolute Gasteiger partial charge is 0.0954 e. The van der Waals surface area contributed by atoms with E-state index in [-0.39, 0.29) is 0 Å². The number of likely N-dealkylation sites (tertiary alicyclic amines) is 1. The van der Waals surface area contributed by atoms with Crippen molar-refractivity contribution in [3.63, 3.8) is 0 Å². The van der Waals surface area contributed by atoms with Crippen molar-refractivity contribution in [2.24, 2.45) is 0 Å². The van der Waals surface area contributed by atoms with Crippen LogP contribution >= 0.6 is 0 Å². The molecular formula is C11H19N3. The summed E-state index contributed by atoms with van der Waals surface area (Å²) in [6.45, 7) is 6.67. The Morgan fingerprint density at radius 2 is 1.93 bits per heavy atom. The second kappa shape index (κ2) is 3.73. The predicted molar refractivity (Wildman–Crippen MR) is 57.5 cm³/mol. The quantitative estimate of drug-likeness (QED) is 0.677. The molecular weight excluding hydrogens is 174 g/mol. The van der Waals surface area contributed by atoms with E-state index in [1.165, 1.54) is 37.3 Å². The van der Waals surface area contributed by atoms with Gasteiger partial charge in [-0.25, -0.2) is 4.98 Å². The maximum atomic E-state index is 4.36. The van der Waals surface area contributed by atoms with Gasteiger partial charge in [0, 0.05) is 11.7 Å². The van der Waals surface area contributed by atoms with Crippen LogP contribution in [0.3, 0.4) is 0 Å². The fourth-order valence-electron chi connectivity index (χ4n) is 2.16. The topological polar surface area (TPSA) is 21.1 Å². The molecule has 2 heterocycles. The van der Waals surface area contributed by atoms with Crippen LogP contribution in [0, 0.1) is 13.8 Å². The Hall–Kier alpha value is -0.830. The Morgan fingerprint density at radius 1 is 1.29 bits per heavy atom. The molecule has 14 heavy (non-hydrogen) atoms. The third kappa shape index (κ3) is 1.69. The predicted octanol–water partition coefficient (Wildman–Crippen LogP) is 1.77. The molecule has 3 heteroatoms. The van der Waals surface area contributed by atoms with Gasteiger partial charge in [-0.3, -0.25) is 0 Å². The van der Waals surface area contributed by atoms with Crippen LogP contribution in [0.1, 0.15) is 30.3 Å². The van der Waals surface area contributed by atoms with Crippen molar-refractivity contribution >= 4 is 0 Å². The average Bonchev–Trinajstić information content (AvgIpc) is 2.50. The van der Waals surface area contributed by atoms with Crippen molar-refractivity contribution < 1.29 is 0 Å². The third-order valence-electron chi connectivity index (χ3n) is 3.37. The maximum absolute atomic E-state index is 4.36. The van der Waals surface area contributed by atoms with Crippen LogP contribution in [0.15, 0.2) is 6.33 Å². The molecule has 1 aliphatic rings. The highest BCUT2D eigenvalue weighted by molar-refractivity contribution is 5.10. The average molecular weight is 193 g/mol. The lowest BCUT2D eigenvalue weighted by atomic mass is 10.1. The van der Waals surface area contributed by atoms with Gasteiger partial charge in [-0.05, 0) is 46.8 Å². The van der Waals surface area contributed by atoms with Crippen molar-refractivity contribution in [3.8, 4) is 0 Å². The molecule has 2 rings (SSSR count). The Labute approximate surface area is 85.7 Å². The monoisotopic (exact) mass is 193 g/mol. The van der Waals surface area contributed by atoms with E-state index in [0.717, 1.165) is 0 Å². The second-order valence-electron chi connectivity index (χ2n) is 4.36. The first-order valence-corrected chi connectivity index (χ1v) is 5.37. The van der Waals surface area contributed by atoms with Crippen LogP contribution in [0.5, 0.6) is 0 Å². The number of aryl methyl sites for hydroxylation is 1. The van der Waals surface area contributed by atoms with E-state index >= 15 is 0 Å². The molecule has 0 unspecified atom stereocenters. The fourth-order valence-corrected chi connectivity index (χ4v) is 2.16. The van der Waals surface area contributed by atoms with Crippen LogP contribution < -0.4 is 0 Å². The number of hydrogen-bond acceptors (Lipinski definition) is 2. The molecule has 1 fully saturated rings. The second-order valence-corrected chi connectivity index (χ2v) is 4.36. The minimum Gasteiger partial charge on any atom is -0.331 e. The number of rotatable bonds is 1. The van der Waals surface area contributed by atoms with Gasteiger partial charge in [0.1, 0.15) is 0 Å². The lowest BCUT2D eigenvalue weighted by Gasteiger charge is -2.30. The molecule has 0 aliphatic carbocycles. The van der Waals surface area contributed by atoms with Gasteiger partial charge < -0.3 is 9.47 Å². The molecule has 78 valence electrons. The summed E-state index contributed by atoms with van der Waals surface area (Å²) < 4.78 is 2.35. The van der Waals surface area contributed by atoms with Crippen LogP contribution in [0.2, 0.25) is 0 Å². The van der Waals surface area contributed by atoms with Gasteiger partial charge in [-0.1, -0.05) is 0 Å². The molecule has 1 aliphatic heterocycles. The van der Waals surface area contributed by atoms with Crippen molar-refractivity contribution in [3.05, 3.63) is 17.7 Å². The van der Waals surface area contributed by atoms with Gasteiger partial charge in [-0.2, -0.15) is 0 Å². The van der Waals surface area contributed by atoms with Crippen LogP contribution in [-0.2, 0) is 0 Å². The SMILES string of the molecule is Cc1ncn(C2CCN(C)CC2)c1C. The molecule has 0 N–H and O–H groups in total. The number of piperidine rings is 1. The first-order chi connectivity index (χ1) is 6.68. The van der Waals surface area contributed by atoms with Gasteiger partial charge in [-0.15, -0.1) is 0 Å². The molecule has 0 bridgehead atoms. The molecule has 1 saturated heterocycles. The van der Waals surface area contributed by atoms with Crippen molar-refractivity contribution in [1.29, 1.82) is 0 Å². The highest BCUT2D eigenvalue weighted by Gasteiger charge is 2.19. The zero-order chi connectivity index (χ0) is 10.1. The van der Waals surface area contributed by atoms with Gasteiger partial charge >= 0.3 is 0 Å². The number of aromatic nitrogens is 2. The van der Waals surface area contributed by atoms with Gasteiger partial charge in [0.2, 0.25) is 0 Å². The standard InChI is InChI=1S/C11H19N3/c1-9-10(2)14(8-12-9)11-4-6-13(3)7-5-11/h8,11H,4-7H2,1-3H3. The fraction of sp³-hybridized carbons (Fsp3) is 0.727. The highest BCUT2D eigenvalue weighted by atomic mass is 15.1. The minimum absolute atomic E-state index is 0.674. The van der Waals surface area contributed by atoms with Crippen molar-refractivity contribution in [2.75, 3.05) is 20.1 Å². The lowest BCUT2D eigenvalue weighted by molar-refractivity contribution is 0.220. The van der Waals surface area contributed by atoms with Gasteiger partial charge in [0.15, 0.2) is 0 Å². The van der Waals surface area contributed by atoms with E-state index < -0.39 is 0 Å². The van der Waals surface area contributed by atoms with Crippen molar-refractivity contribution in [1.82, 2.24) is 14.5 Å². The highest BCUT2D eigenvalue weighted by Crippen LogP contribution is 2.23. The molecule has 3 nitrogen and oxygen atoms in total. The summed E-state index contributed by atoms with van der Waals surface area (Å²) in [6.07, 6.45) is 4.51. The lowest BCUT2D eigenvalue weighted by Crippen LogP contribution is -2.31. The summed E-state index contributed by atoms with van der Waals surface area (Å²) in [5, 5.41) is 0. The number of hydrogen-bond donors (Lipinski definition) is 0. The largest absolute Gasteiger partial charge is 0.331 e. The zero-order valence-electron chi connectivity index (χ0n) is 9.32. The van der Waals surface area contributed by atoms with Crippen molar-refractivity contribution in [2.45, 2.75) is 32.7 Å².